The molecule has 1 heterocycles. The highest BCUT2D eigenvalue weighted by Crippen LogP contribution is 2.06. The van der Waals surface area contributed by atoms with Crippen LogP contribution < -0.4 is 4.74 Å². The van der Waals surface area contributed by atoms with Crippen LogP contribution in [0.2, 0.25) is 0 Å². The molecule has 0 spiro atoms. The summed E-state index contributed by atoms with van der Waals surface area (Å²) in [6.07, 6.45) is 2.87. The number of rotatable bonds is 3. The van der Waals surface area contributed by atoms with Gasteiger partial charge in [0.15, 0.2) is 0 Å². The minimum Gasteiger partial charge on any atom is -0.491 e. The molecule has 1 N–H and O–H groups in total. The first kappa shape index (κ1) is 8.01. The lowest BCUT2D eigenvalue weighted by molar-refractivity contribution is 0.122. The van der Waals surface area contributed by atoms with Crippen molar-refractivity contribution in [2.75, 3.05) is 6.61 Å². The van der Waals surface area contributed by atoms with Gasteiger partial charge in [0, 0.05) is 12.4 Å². The molecule has 0 aliphatic carbocycles. The normalized spacial score (nSPS) is 12.5. The Bertz CT molecular complexity index is 199. The molecular formula is C8H11NO2. The maximum Gasteiger partial charge on any atom is 0.122 e. The van der Waals surface area contributed by atoms with Crippen molar-refractivity contribution in [1.29, 1.82) is 0 Å². The van der Waals surface area contributed by atoms with E-state index in [1.54, 1.807) is 31.5 Å². The van der Waals surface area contributed by atoms with Gasteiger partial charge in [0.05, 0.1) is 6.10 Å². The number of aliphatic hydroxyl groups excluding tert-OH is 1. The smallest absolute Gasteiger partial charge is 0.122 e. The highest BCUT2D eigenvalue weighted by Gasteiger charge is 1.95. The maximum atomic E-state index is 8.87. The van der Waals surface area contributed by atoms with Crippen molar-refractivity contribution in [3.05, 3.63) is 24.5 Å². The molecule has 11 heavy (non-hydrogen) atoms. The monoisotopic (exact) mass is 153 g/mol. The van der Waals surface area contributed by atoms with Gasteiger partial charge in [-0.15, -0.1) is 0 Å². The summed E-state index contributed by atoms with van der Waals surface area (Å²) in [5, 5.41) is 8.87. The van der Waals surface area contributed by atoms with E-state index in [2.05, 4.69) is 4.98 Å². The van der Waals surface area contributed by atoms with Gasteiger partial charge in [-0.25, -0.2) is 0 Å². The van der Waals surface area contributed by atoms with Gasteiger partial charge in [0.1, 0.15) is 12.4 Å². The van der Waals surface area contributed by atoms with E-state index in [0.29, 0.717) is 6.61 Å². The summed E-state index contributed by atoms with van der Waals surface area (Å²) < 4.78 is 5.18. The van der Waals surface area contributed by atoms with Crippen molar-refractivity contribution in [3.63, 3.8) is 0 Å². The molecule has 1 rings (SSSR count). The molecule has 0 bridgehead atoms. The van der Waals surface area contributed by atoms with Crippen molar-refractivity contribution < 1.29 is 9.84 Å². The van der Waals surface area contributed by atoms with Crippen LogP contribution in [0.1, 0.15) is 6.92 Å². The SMILES string of the molecule is CC(O)COc1ccncc1. The lowest BCUT2D eigenvalue weighted by Gasteiger charge is -2.06. The van der Waals surface area contributed by atoms with Gasteiger partial charge >= 0.3 is 0 Å². The highest BCUT2D eigenvalue weighted by atomic mass is 16.5. The van der Waals surface area contributed by atoms with Crippen LogP contribution in [0.4, 0.5) is 0 Å². The number of nitrogens with zero attached hydrogens (tertiary/aromatic N) is 1. The van der Waals surface area contributed by atoms with E-state index in [1.165, 1.54) is 0 Å². The standard InChI is InChI=1S/C8H11NO2/c1-7(10)6-11-8-2-4-9-5-3-8/h2-5,7,10H,6H2,1H3. The van der Waals surface area contributed by atoms with Crippen molar-refractivity contribution in [2.24, 2.45) is 0 Å². The van der Waals surface area contributed by atoms with Gasteiger partial charge in [-0.1, -0.05) is 0 Å². The Morgan fingerprint density at radius 3 is 2.73 bits per heavy atom. The van der Waals surface area contributed by atoms with E-state index in [-0.39, 0.29) is 0 Å². The van der Waals surface area contributed by atoms with Crippen LogP contribution in [0.5, 0.6) is 5.75 Å². The van der Waals surface area contributed by atoms with Crippen LogP contribution in [-0.4, -0.2) is 22.8 Å². The number of aliphatic hydroxyl groups is 1. The first-order chi connectivity index (χ1) is 5.29. The van der Waals surface area contributed by atoms with Crippen LogP contribution >= 0.6 is 0 Å². The number of ether oxygens (including phenoxy) is 1. The summed E-state index contributed by atoms with van der Waals surface area (Å²) in [4.78, 5) is 3.83. The van der Waals surface area contributed by atoms with Crippen molar-refractivity contribution in [1.82, 2.24) is 4.98 Å². The zero-order valence-corrected chi connectivity index (χ0v) is 6.40. The Morgan fingerprint density at radius 2 is 2.18 bits per heavy atom. The maximum absolute atomic E-state index is 8.87. The highest BCUT2D eigenvalue weighted by molar-refractivity contribution is 5.16. The van der Waals surface area contributed by atoms with E-state index < -0.39 is 6.10 Å². The van der Waals surface area contributed by atoms with Gasteiger partial charge in [-0.2, -0.15) is 0 Å². The second-order valence-corrected chi connectivity index (χ2v) is 2.34. The van der Waals surface area contributed by atoms with Gasteiger partial charge in [-0.3, -0.25) is 4.98 Å². The molecule has 1 atom stereocenters. The summed E-state index contributed by atoms with van der Waals surface area (Å²) in [7, 11) is 0. The zero-order valence-electron chi connectivity index (χ0n) is 6.40. The van der Waals surface area contributed by atoms with E-state index in [0.717, 1.165) is 5.75 Å². The summed E-state index contributed by atoms with van der Waals surface area (Å²) in [6, 6.07) is 3.50. The Kier molecular flexibility index (Phi) is 2.86. The number of hydrogen-bond donors (Lipinski definition) is 1. The first-order valence-corrected chi connectivity index (χ1v) is 3.50. The molecule has 0 saturated heterocycles. The topological polar surface area (TPSA) is 42.4 Å². The third-order valence-corrected chi connectivity index (χ3v) is 1.14. The fourth-order valence-electron chi connectivity index (χ4n) is 0.651. The molecule has 0 radical (unpaired) electrons. The molecule has 3 heteroatoms. The van der Waals surface area contributed by atoms with Crippen LogP contribution in [0, 0.1) is 0 Å². The largest absolute Gasteiger partial charge is 0.491 e. The fourth-order valence-corrected chi connectivity index (χ4v) is 0.651. The lowest BCUT2D eigenvalue weighted by atomic mass is 10.4. The Balaban J connectivity index is 2.39. The number of aromatic nitrogens is 1. The Hall–Kier alpha value is -1.09. The van der Waals surface area contributed by atoms with Crippen LogP contribution in [-0.2, 0) is 0 Å². The van der Waals surface area contributed by atoms with Gasteiger partial charge in [0.25, 0.3) is 0 Å². The van der Waals surface area contributed by atoms with Gasteiger partial charge < -0.3 is 9.84 Å². The molecule has 1 unspecified atom stereocenters. The summed E-state index contributed by atoms with van der Waals surface area (Å²) in [5.41, 5.74) is 0. The molecule has 60 valence electrons. The predicted octanol–water partition coefficient (Wildman–Crippen LogP) is 0.841. The van der Waals surface area contributed by atoms with Crippen molar-refractivity contribution in [3.8, 4) is 5.75 Å². The van der Waals surface area contributed by atoms with Crippen LogP contribution in [0.3, 0.4) is 0 Å². The predicted molar refractivity (Wildman–Crippen MR) is 41.4 cm³/mol. The molecular weight excluding hydrogens is 142 g/mol. The Morgan fingerprint density at radius 1 is 1.55 bits per heavy atom. The number of hydrogen-bond acceptors (Lipinski definition) is 3. The average molecular weight is 153 g/mol. The fraction of sp³-hybridized carbons (Fsp3) is 0.375. The van der Waals surface area contributed by atoms with E-state index in [1.807, 2.05) is 0 Å². The van der Waals surface area contributed by atoms with E-state index >= 15 is 0 Å². The average Bonchev–Trinajstić information content (AvgIpc) is 2.03. The lowest BCUT2D eigenvalue weighted by Crippen LogP contribution is -2.12. The molecule has 3 nitrogen and oxygen atoms in total. The minimum absolute atomic E-state index is 0.323. The molecule has 1 aromatic rings. The quantitative estimate of drug-likeness (QED) is 0.699. The summed E-state index contributed by atoms with van der Waals surface area (Å²) in [5.74, 6) is 0.737. The van der Waals surface area contributed by atoms with Crippen molar-refractivity contribution in [2.45, 2.75) is 13.0 Å². The second-order valence-electron chi connectivity index (χ2n) is 2.34. The van der Waals surface area contributed by atoms with Gasteiger partial charge in [0.2, 0.25) is 0 Å². The minimum atomic E-state index is -0.428. The van der Waals surface area contributed by atoms with Gasteiger partial charge in [-0.05, 0) is 19.1 Å². The molecule has 0 saturated carbocycles. The Labute approximate surface area is 65.7 Å². The molecule has 0 aliphatic rings. The molecule has 0 aromatic carbocycles. The molecule has 0 amide bonds. The zero-order chi connectivity index (χ0) is 8.10. The third kappa shape index (κ3) is 3.00. The molecule has 1 aromatic heterocycles. The number of pyridine rings is 1. The molecule has 0 aliphatic heterocycles. The van der Waals surface area contributed by atoms with Crippen LogP contribution in [0.15, 0.2) is 24.5 Å². The van der Waals surface area contributed by atoms with E-state index in [9.17, 15) is 0 Å². The first-order valence-electron chi connectivity index (χ1n) is 3.50. The second kappa shape index (κ2) is 3.93. The van der Waals surface area contributed by atoms with Crippen molar-refractivity contribution >= 4 is 0 Å². The third-order valence-electron chi connectivity index (χ3n) is 1.14. The summed E-state index contributed by atoms with van der Waals surface area (Å²) >= 11 is 0. The summed E-state index contributed by atoms with van der Waals surface area (Å²) in [6.45, 7) is 2.01. The van der Waals surface area contributed by atoms with Crippen LogP contribution in [0.25, 0.3) is 0 Å². The van der Waals surface area contributed by atoms with E-state index in [4.69, 9.17) is 9.84 Å². The molecule has 0 fully saturated rings.